The second kappa shape index (κ2) is 5.66. The van der Waals surface area contributed by atoms with Crippen molar-refractivity contribution < 1.29 is 14.6 Å². The predicted molar refractivity (Wildman–Crippen MR) is 71.6 cm³/mol. The monoisotopic (exact) mass is 279 g/mol. The van der Waals surface area contributed by atoms with E-state index in [9.17, 15) is 9.90 Å². The van der Waals surface area contributed by atoms with Crippen molar-refractivity contribution in [3.05, 3.63) is 34.3 Å². The molecule has 2 aromatic rings. The first-order valence-corrected chi connectivity index (χ1v) is 6.39. The number of ether oxygens (including phenoxy) is 1. The van der Waals surface area contributed by atoms with Gasteiger partial charge < -0.3 is 15.2 Å². The Morgan fingerprint density at radius 1 is 1.53 bits per heavy atom. The second-order valence-electron chi connectivity index (χ2n) is 3.79. The Balaban J connectivity index is 2.30. The number of nitrogens with zero attached hydrogens (tertiary/aromatic N) is 2. The van der Waals surface area contributed by atoms with Gasteiger partial charge in [-0.15, -0.1) is 11.3 Å². The number of anilines is 1. The largest absolute Gasteiger partial charge is 0.481 e. The number of carboxylic acid groups (broad SMARTS) is 1. The van der Waals surface area contributed by atoms with Crippen LogP contribution in [0.5, 0.6) is 5.88 Å². The lowest BCUT2D eigenvalue weighted by Gasteiger charge is -2.15. The minimum absolute atomic E-state index is 0.424. The van der Waals surface area contributed by atoms with Crippen molar-refractivity contribution in [2.45, 2.75) is 13.0 Å². The Labute approximate surface area is 114 Å². The first kappa shape index (κ1) is 13.3. The van der Waals surface area contributed by atoms with E-state index < -0.39 is 12.0 Å². The van der Waals surface area contributed by atoms with Gasteiger partial charge >= 0.3 is 5.97 Å². The molecule has 0 aromatic carbocycles. The van der Waals surface area contributed by atoms with E-state index in [4.69, 9.17) is 4.74 Å². The molecule has 2 aromatic heterocycles. The predicted octanol–water partition coefficient (Wildman–Crippen LogP) is 2.09. The highest BCUT2D eigenvalue weighted by Gasteiger charge is 2.22. The van der Waals surface area contributed by atoms with Gasteiger partial charge in [-0.25, -0.2) is 14.8 Å². The molecule has 0 aliphatic carbocycles. The Morgan fingerprint density at radius 2 is 2.32 bits per heavy atom. The van der Waals surface area contributed by atoms with Gasteiger partial charge in [0.1, 0.15) is 12.1 Å². The molecule has 6 nitrogen and oxygen atoms in total. The summed E-state index contributed by atoms with van der Waals surface area (Å²) in [4.78, 5) is 20.1. The number of nitrogens with one attached hydrogen (secondary N) is 1. The molecule has 2 N–H and O–H groups in total. The molecule has 100 valence electrons. The van der Waals surface area contributed by atoms with E-state index in [1.165, 1.54) is 24.8 Å². The van der Waals surface area contributed by atoms with E-state index in [2.05, 4.69) is 15.3 Å². The van der Waals surface area contributed by atoms with E-state index >= 15 is 0 Å². The fourth-order valence-electron chi connectivity index (χ4n) is 1.63. The van der Waals surface area contributed by atoms with Gasteiger partial charge in [0.15, 0.2) is 6.04 Å². The summed E-state index contributed by atoms with van der Waals surface area (Å²) in [5, 5.41) is 14.0. The van der Waals surface area contributed by atoms with Crippen LogP contribution < -0.4 is 10.1 Å². The van der Waals surface area contributed by atoms with Crippen molar-refractivity contribution in [3.63, 3.8) is 0 Å². The number of aromatic nitrogens is 2. The third-order valence-corrected chi connectivity index (χ3v) is 3.52. The number of rotatable bonds is 5. The Kier molecular flexibility index (Phi) is 3.96. The number of methoxy groups -OCH3 is 1. The van der Waals surface area contributed by atoms with E-state index in [1.54, 1.807) is 13.0 Å². The lowest BCUT2D eigenvalue weighted by Crippen LogP contribution is -2.20. The summed E-state index contributed by atoms with van der Waals surface area (Å²) in [5.41, 5.74) is 0.674. The molecule has 0 saturated carbocycles. The fraction of sp³-hybridized carbons (Fsp3) is 0.250. The van der Waals surface area contributed by atoms with Crippen molar-refractivity contribution in [2.24, 2.45) is 0 Å². The van der Waals surface area contributed by atoms with Gasteiger partial charge in [-0.1, -0.05) is 6.07 Å². The zero-order valence-electron chi connectivity index (χ0n) is 10.5. The maximum Gasteiger partial charge on any atom is 0.331 e. The summed E-state index contributed by atoms with van der Waals surface area (Å²) >= 11 is 1.38. The molecule has 0 saturated heterocycles. The van der Waals surface area contributed by atoms with Gasteiger partial charge in [-0.2, -0.15) is 0 Å². The van der Waals surface area contributed by atoms with Gasteiger partial charge in [-0.05, 0) is 18.4 Å². The molecule has 2 heterocycles. The quantitative estimate of drug-likeness (QED) is 0.872. The summed E-state index contributed by atoms with van der Waals surface area (Å²) in [6.07, 6.45) is 1.33. The summed E-state index contributed by atoms with van der Waals surface area (Å²) in [5.74, 6) is -0.0834. The van der Waals surface area contributed by atoms with Crippen molar-refractivity contribution in [1.29, 1.82) is 0 Å². The molecule has 1 atom stereocenters. The van der Waals surface area contributed by atoms with Gasteiger partial charge in [0.05, 0.1) is 12.7 Å². The molecule has 0 fully saturated rings. The summed E-state index contributed by atoms with van der Waals surface area (Å²) in [6, 6.07) is 2.74. The van der Waals surface area contributed by atoms with Crippen LogP contribution in [0, 0.1) is 6.92 Å². The smallest absolute Gasteiger partial charge is 0.331 e. The van der Waals surface area contributed by atoms with Gasteiger partial charge in [0.2, 0.25) is 5.88 Å². The van der Waals surface area contributed by atoms with Crippen LogP contribution in [0.15, 0.2) is 23.8 Å². The molecule has 0 spiro atoms. The van der Waals surface area contributed by atoms with Crippen LogP contribution in [0.2, 0.25) is 0 Å². The fourth-order valence-corrected chi connectivity index (χ4v) is 2.40. The van der Waals surface area contributed by atoms with Crippen LogP contribution in [0.3, 0.4) is 0 Å². The van der Waals surface area contributed by atoms with Gasteiger partial charge in [0.25, 0.3) is 0 Å². The lowest BCUT2D eigenvalue weighted by molar-refractivity contribution is -0.138. The van der Waals surface area contributed by atoms with Crippen LogP contribution in [-0.4, -0.2) is 28.2 Å². The number of thiophene rings is 1. The average Bonchev–Trinajstić information content (AvgIpc) is 2.90. The van der Waals surface area contributed by atoms with Crippen molar-refractivity contribution >= 4 is 23.1 Å². The number of carboxylic acids is 1. The molecular formula is C12H13N3O3S. The Bertz CT molecular complexity index is 572. The summed E-state index contributed by atoms with van der Waals surface area (Å²) in [7, 11) is 1.51. The van der Waals surface area contributed by atoms with Crippen LogP contribution in [0.4, 0.5) is 5.82 Å². The standard InChI is InChI=1S/C12H13N3O3S/c1-7-10(13-6-14-11(7)18-2)15-9(12(16)17)8-4-3-5-19-8/h3-6,9H,1-2H3,(H,16,17)(H,13,14,15). The van der Waals surface area contributed by atoms with Crippen LogP contribution in [0.25, 0.3) is 0 Å². The zero-order chi connectivity index (χ0) is 13.8. The Hall–Kier alpha value is -2.15. The molecule has 0 radical (unpaired) electrons. The number of carbonyl (C=O) groups is 1. The molecule has 2 rings (SSSR count). The number of aliphatic carboxylic acids is 1. The van der Waals surface area contributed by atoms with Gasteiger partial charge in [-0.3, -0.25) is 0 Å². The highest BCUT2D eigenvalue weighted by Crippen LogP contribution is 2.27. The molecule has 0 bridgehead atoms. The molecule has 7 heteroatoms. The number of hydrogen-bond donors (Lipinski definition) is 2. The highest BCUT2D eigenvalue weighted by molar-refractivity contribution is 7.10. The third-order valence-electron chi connectivity index (χ3n) is 2.59. The average molecular weight is 279 g/mol. The van der Waals surface area contributed by atoms with E-state index in [1.807, 2.05) is 11.4 Å². The molecule has 0 amide bonds. The maximum absolute atomic E-state index is 11.3. The SMILES string of the molecule is COc1ncnc(NC(C(=O)O)c2cccs2)c1C. The van der Waals surface area contributed by atoms with E-state index in [0.717, 1.165) is 0 Å². The molecule has 0 aliphatic heterocycles. The van der Waals surface area contributed by atoms with Crippen molar-refractivity contribution in [3.8, 4) is 5.88 Å². The lowest BCUT2D eigenvalue weighted by atomic mass is 10.2. The Morgan fingerprint density at radius 3 is 2.89 bits per heavy atom. The highest BCUT2D eigenvalue weighted by atomic mass is 32.1. The maximum atomic E-state index is 11.3. The first-order chi connectivity index (χ1) is 9.13. The summed E-state index contributed by atoms with van der Waals surface area (Å²) in [6.45, 7) is 1.77. The molecule has 0 aliphatic rings. The first-order valence-electron chi connectivity index (χ1n) is 5.51. The number of hydrogen-bond acceptors (Lipinski definition) is 6. The second-order valence-corrected chi connectivity index (χ2v) is 4.77. The van der Waals surface area contributed by atoms with Crippen molar-refractivity contribution in [2.75, 3.05) is 12.4 Å². The normalized spacial score (nSPS) is 11.9. The van der Waals surface area contributed by atoms with Gasteiger partial charge in [0, 0.05) is 4.88 Å². The van der Waals surface area contributed by atoms with Crippen LogP contribution in [0.1, 0.15) is 16.5 Å². The van der Waals surface area contributed by atoms with Crippen molar-refractivity contribution in [1.82, 2.24) is 9.97 Å². The van der Waals surface area contributed by atoms with E-state index in [-0.39, 0.29) is 0 Å². The molecular weight excluding hydrogens is 266 g/mol. The summed E-state index contributed by atoms with van der Waals surface area (Å²) < 4.78 is 5.08. The topological polar surface area (TPSA) is 84.3 Å². The van der Waals surface area contributed by atoms with E-state index in [0.29, 0.717) is 22.1 Å². The van der Waals surface area contributed by atoms with Crippen LogP contribution >= 0.6 is 11.3 Å². The minimum Gasteiger partial charge on any atom is -0.481 e. The molecule has 1 unspecified atom stereocenters. The third kappa shape index (κ3) is 2.82. The molecule has 19 heavy (non-hydrogen) atoms. The minimum atomic E-state index is -0.959. The zero-order valence-corrected chi connectivity index (χ0v) is 11.3. The van der Waals surface area contributed by atoms with Crippen LogP contribution in [-0.2, 0) is 4.79 Å².